The number of halogens is 1. The Labute approximate surface area is 103 Å². The third kappa shape index (κ3) is 2.06. The van der Waals surface area contributed by atoms with E-state index < -0.39 is 5.82 Å². The lowest BCUT2D eigenvalue weighted by Gasteiger charge is -2.05. The molecule has 0 aliphatic carbocycles. The maximum atomic E-state index is 13.6. The molecule has 1 N–H and O–H groups in total. The minimum Gasteiger partial charge on any atom is -0.507 e. The standard InChI is InChI=1S/C14H8FNO2/c15-13-4-1-9(7-16)5-12(13)10-2-3-11(8-17)14(18)6-10/h1-6,8,18H. The first-order chi connectivity index (χ1) is 8.65. The van der Waals surface area contributed by atoms with Crippen LogP contribution in [0.3, 0.4) is 0 Å². The van der Waals surface area contributed by atoms with E-state index in [1.807, 2.05) is 6.07 Å². The second kappa shape index (κ2) is 4.68. The Morgan fingerprint density at radius 1 is 1.22 bits per heavy atom. The van der Waals surface area contributed by atoms with E-state index in [1.165, 1.54) is 36.4 Å². The summed E-state index contributed by atoms with van der Waals surface area (Å²) in [5.41, 5.74) is 1.08. The lowest BCUT2D eigenvalue weighted by molar-refractivity contribution is 0.112. The minimum atomic E-state index is -0.493. The summed E-state index contributed by atoms with van der Waals surface area (Å²) in [4.78, 5) is 10.6. The van der Waals surface area contributed by atoms with Crippen molar-refractivity contribution >= 4 is 6.29 Å². The zero-order valence-corrected chi connectivity index (χ0v) is 9.22. The number of nitrogens with zero attached hydrogens (tertiary/aromatic N) is 1. The molecule has 3 nitrogen and oxygen atoms in total. The van der Waals surface area contributed by atoms with Crippen LogP contribution < -0.4 is 0 Å². The number of benzene rings is 2. The predicted octanol–water partition coefficient (Wildman–Crippen LogP) is 2.88. The highest BCUT2D eigenvalue weighted by atomic mass is 19.1. The van der Waals surface area contributed by atoms with Crippen molar-refractivity contribution in [2.75, 3.05) is 0 Å². The quantitative estimate of drug-likeness (QED) is 0.822. The van der Waals surface area contributed by atoms with Crippen molar-refractivity contribution in [2.45, 2.75) is 0 Å². The molecule has 0 saturated heterocycles. The van der Waals surface area contributed by atoms with E-state index in [2.05, 4.69) is 0 Å². The van der Waals surface area contributed by atoms with Gasteiger partial charge in [-0.25, -0.2) is 4.39 Å². The van der Waals surface area contributed by atoms with Crippen molar-refractivity contribution in [2.24, 2.45) is 0 Å². The number of aromatic hydroxyl groups is 1. The first-order valence-electron chi connectivity index (χ1n) is 5.14. The number of carbonyl (C=O) groups is 1. The van der Waals surface area contributed by atoms with E-state index >= 15 is 0 Å². The van der Waals surface area contributed by atoms with Crippen molar-refractivity contribution < 1.29 is 14.3 Å². The van der Waals surface area contributed by atoms with E-state index in [1.54, 1.807) is 0 Å². The SMILES string of the molecule is N#Cc1ccc(F)c(-c2ccc(C=O)c(O)c2)c1. The van der Waals surface area contributed by atoms with Gasteiger partial charge in [-0.05, 0) is 35.9 Å². The molecule has 0 bridgehead atoms. The Morgan fingerprint density at radius 2 is 2.00 bits per heavy atom. The van der Waals surface area contributed by atoms with Crippen molar-refractivity contribution in [1.82, 2.24) is 0 Å². The lowest BCUT2D eigenvalue weighted by Crippen LogP contribution is -1.88. The van der Waals surface area contributed by atoms with Gasteiger partial charge in [0.2, 0.25) is 0 Å². The molecule has 0 atom stereocenters. The second-order valence-corrected chi connectivity index (χ2v) is 3.70. The molecule has 0 radical (unpaired) electrons. The van der Waals surface area contributed by atoms with Gasteiger partial charge in [-0.2, -0.15) is 5.26 Å². The summed E-state index contributed by atoms with van der Waals surface area (Å²) in [6.07, 6.45) is 0.515. The van der Waals surface area contributed by atoms with Crippen LogP contribution in [0.5, 0.6) is 5.75 Å². The van der Waals surface area contributed by atoms with Crippen molar-refractivity contribution in [3.63, 3.8) is 0 Å². The van der Waals surface area contributed by atoms with Gasteiger partial charge in [-0.1, -0.05) is 6.07 Å². The van der Waals surface area contributed by atoms with Gasteiger partial charge in [0.1, 0.15) is 11.6 Å². The molecule has 18 heavy (non-hydrogen) atoms. The van der Waals surface area contributed by atoms with E-state index in [-0.39, 0.29) is 16.9 Å². The molecular weight excluding hydrogens is 233 g/mol. The molecule has 0 fully saturated rings. The summed E-state index contributed by atoms with van der Waals surface area (Å²) in [6.45, 7) is 0. The monoisotopic (exact) mass is 241 g/mol. The molecule has 0 amide bonds. The first-order valence-corrected chi connectivity index (χ1v) is 5.14. The van der Waals surface area contributed by atoms with Crippen molar-refractivity contribution in [3.05, 3.63) is 53.3 Å². The lowest BCUT2D eigenvalue weighted by atomic mass is 10.0. The van der Waals surface area contributed by atoms with Gasteiger partial charge >= 0.3 is 0 Å². The fraction of sp³-hybridized carbons (Fsp3) is 0. The average molecular weight is 241 g/mol. The van der Waals surface area contributed by atoms with E-state index in [0.29, 0.717) is 17.4 Å². The highest BCUT2D eigenvalue weighted by molar-refractivity contribution is 5.81. The zero-order valence-electron chi connectivity index (χ0n) is 9.22. The van der Waals surface area contributed by atoms with Crippen LogP contribution in [0.2, 0.25) is 0 Å². The Kier molecular flexibility index (Phi) is 3.07. The normalized spacial score (nSPS) is 9.78. The van der Waals surface area contributed by atoms with Gasteiger partial charge in [-0.15, -0.1) is 0 Å². The number of hydrogen-bond donors (Lipinski definition) is 1. The summed E-state index contributed by atoms with van der Waals surface area (Å²) in [5, 5.41) is 18.3. The number of hydrogen-bond acceptors (Lipinski definition) is 3. The highest BCUT2D eigenvalue weighted by Gasteiger charge is 2.09. The van der Waals surface area contributed by atoms with Gasteiger partial charge in [0, 0.05) is 5.56 Å². The Hall–Kier alpha value is -2.67. The van der Waals surface area contributed by atoms with Crippen molar-refractivity contribution in [3.8, 4) is 22.9 Å². The van der Waals surface area contributed by atoms with Crippen LogP contribution in [-0.2, 0) is 0 Å². The second-order valence-electron chi connectivity index (χ2n) is 3.70. The molecule has 0 aliphatic heterocycles. The van der Waals surface area contributed by atoms with Crippen LogP contribution in [0.4, 0.5) is 4.39 Å². The molecular formula is C14H8FNO2. The summed E-state index contributed by atoms with van der Waals surface area (Å²) in [5.74, 6) is -0.712. The Balaban J connectivity index is 2.58. The smallest absolute Gasteiger partial charge is 0.153 e. The molecule has 2 aromatic rings. The third-order valence-electron chi connectivity index (χ3n) is 2.56. The zero-order chi connectivity index (χ0) is 13.1. The van der Waals surface area contributed by atoms with E-state index in [4.69, 9.17) is 5.26 Å². The fourth-order valence-corrected chi connectivity index (χ4v) is 1.63. The van der Waals surface area contributed by atoms with Crippen molar-refractivity contribution in [1.29, 1.82) is 5.26 Å². The van der Waals surface area contributed by atoms with Crippen LogP contribution in [0.25, 0.3) is 11.1 Å². The maximum absolute atomic E-state index is 13.6. The summed E-state index contributed by atoms with van der Waals surface area (Å²) >= 11 is 0. The Bertz CT molecular complexity index is 659. The third-order valence-corrected chi connectivity index (χ3v) is 2.56. The molecule has 0 heterocycles. The van der Waals surface area contributed by atoms with E-state index in [9.17, 15) is 14.3 Å². The molecule has 0 aromatic heterocycles. The van der Waals surface area contributed by atoms with Gasteiger partial charge < -0.3 is 5.11 Å². The predicted molar refractivity (Wildman–Crippen MR) is 63.6 cm³/mol. The van der Waals surface area contributed by atoms with Gasteiger partial charge in [-0.3, -0.25) is 4.79 Å². The van der Waals surface area contributed by atoms with Gasteiger partial charge in [0.25, 0.3) is 0 Å². The molecule has 88 valence electrons. The molecule has 0 aliphatic rings. The van der Waals surface area contributed by atoms with Crippen LogP contribution in [-0.4, -0.2) is 11.4 Å². The Morgan fingerprint density at radius 3 is 2.61 bits per heavy atom. The molecule has 4 heteroatoms. The first kappa shape index (κ1) is 11.8. The number of phenolic OH excluding ortho intramolecular Hbond substituents is 1. The van der Waals surface area contributed by atoms with Crippen LogP contribution in [0, 0.1) is 17.1 Å². The highest BCUT2D eigenvalue weighted by Crippen LogP contribution is 2.28. The number of aldehydes is 1. The maximum Gasteiger partial charge on any atom is 0.153 e. The number of carbonyl (C=O) groups excluding carboxylic acids is 1. The molecule has 0 saturated carbocycles. The molecule has 2 rings (SSSR count). The molecule has 0 spiro atoms. The van der Waals surface area contributed by atoms with Gasteiger partial charge in [0.05, 0.1) is 17.2 Å². The topological polar surface area (TPSA) is 61.1 Å². The minimum absolute atomic E-state index is 0.135. The number of phenols is 1. The molecule has 0 unspecified atom stereocenters. The average Bonchev–Trinajstić information content (AvgIpc) is 2.39. The van der Waals surface area contributed by atoms with Crippen LogP contribution in [0.15, 0.2) is 36.4 Å². The summed E-state index contributed by atoms with van der Waals surface area (Å²) < 4.78 is 13.6. The number of rotatable bonds is 2. The van der Waals surface area contributed by atoms with Crippen LogP contribution in [0.1, 0.15) is 15.9 Å². The fourth-order valence-electron chi connectivity index (χ4n) is 1.63. The van der Waals surface area contributed by atoms with Crippen LogP contribution >= 0.6 is 0 Å². The molecule has 2 aromatic carbocycles. The summed E-state index contributed by atoms with van der Waals surface area (Å²) in [7, 11) is 0. The largest absolute Gasteiger partial charge is 0.507 e. The summed E-state index contributed by atoms with van der Waals surface area (Å²) in [6, 6.07) is 10.1. The van der Waals surface area contributed by atoms with Gasteiger partial charge in [0.15, 0.2) is 6.29 Å². The van der Waals surface area contributed by atoms with E-state index in [0.717, 1.165) is 0 Å². The number of nitriles is 1.